The first-order valence-electron chi connectivity index (χ1n) is 11.6. The lowest BCUT2D eigenvalue weighted by molar-refractivity contribution is -0.140. The quantitative estimate of drug-likeness (QED) is 0.333. The van der Waals surface area contributed by atoms with E-state index in [0.717, 1.165) is 68.6 Å². The van der Waals surface area contributed by atoms with Crippen LogP contribution in [0.2, 0.25) is 0 Å². The summed E-state index contributed by atoms with van der Waals surface area (Å²) in [6.45, 7) is 7.33. The highest BCUT2D eigenvalue weighted by atomic mass is 16.5. The zero-order chi connectivity index (χ0) is 21.3. The summed E-state index contributed by atoms with van der Waals surface area (Å²) < 4.78 is 12.0. The Morgan fingerprint density at radius 2 is 1.63 bits per heavy atom. The first-order valence-corrected chi connectivity index (χ1v) is 11.6. The van der Waals surface area contributed by atoms with Gasteiger partial charge in [0.1, 0.15) is 11.5 Å². The molecule has 3 heteroatoms. The number of esters is 1. The van der Waals surface area contributed by atoms with Crippen molar-refractivity contribution in [2.24, 2.45) is 11.8 Å². The van der Waals surface area contributed by atoms with Gasteiger partial charge in [0.25, 0.3) is 0 Å². The lowest BCUT2D eigenvalue weighted by Gasteiger charge is -2.28. The van der Waals surface area contributed by atoms with Crippen LogP contribution in [0, 0.1) is 11.8 Å². The molecule has 2 aromatic rings. The fourth-order valence-corrected chi connectivity index (χ4v) is 4.28. The smallest absolute Gasteiger partial charge is 0.314 e. The summed E-state index contributed by atoms with van der Waals surface area (Å²) in [4.78, 5) is 12.7. The predicted molar refractivity (Wildman–Crippen MR) is 122 cm³/mol. The van der Waals surface area contributed by atoms with Gasteiger partial charge in [0.15, 0.2) is 0 Å². The monoisotopic (exact) mass is 408 g/mol. The maximum Gasteiger partial charge on any atom is 0.314 e. The molecule has 3 rings (SSSR count). The number of para-hydroxylation sites is 2. The van der Waals surface area contributed by atoms with E-state index in [1.807, 2.05) is 24.3 Å². The molecule has 3 nitrogen and oxygen atoms in total. The van der Waals surface area contributed by atoms with Crippen LogP contribution in [0.25, 0.3) is 0 Å². The maximum atomic E-state index is 12.7. The van der Waals surface area contributed by atoms with E-state index in [1.165, 1.54) is 5.56 Å². The number of carbonyl (C=O) groups excluding carboxylic acids is 1. The summed E-state index contributed by atoms with van der Waals surface area (Å²) >= 11 is 0. The lowest BCUT2D eigenvalue weighted by Crippen LogP contribution is -2.28. The topological polar surface area (TPSA) is 35.5 Å². The van der Waals surface area contributed by atoms with Crippen LogP contribution in [0.1, 0.15) is 76.3 Å². The molecule has 0 amide bonds. The van der Waals surface area contributed by atoms with Gasteiger partial charge in [-0.3, -0.25) is 4.79 Å². The normalized spacial score (nSPS) is 19.8. The Morgan fingerprint density at radius 3 is 2.33 bits per heavy atom. The third kappa shape index (κ3) is 5.87. The molecule has 162 valence electrons. The number of carbonyl (C=O) groups is 1. The summed E-state index contributed by atoms with van der Waals surface area (Å²) in [6.07, 6.45) is 6.88. The molecule has 1 aliphatic carbocycles. The van der Waals surface area contributed by atoms with E-state index in [9.17, 15) is 4.79 Å². The fourth-order valence-electron chi connectivity index (χ4n) is 4.28. The zero-order valence-electron chi connectivity index (χ0n) is 18.7. The third-order valence-electron chi connectivity index (χ3n) is 6.42. The zero-order valence-corrected chi connectivity index (χ0v) is 18.7. The van der Waals surface area contributed by atoms with Gasteiger partial charge in [-0.25, -0.2) is 0 Å². The maximum absolute atomic E-state index is 12.7. The highest BCUT2D eigenvalue weighted by Gasteiger charge is 2.28. The van der Waals surface area contributed by atoms with Crippen molar-refractivity contribution >= 4 is 5.97 Å². The average molecular weight is 409 g/mol. The van der Waals surface area contributed by atoms with Crippen molar-refractivity contribution in [3.63, 3.8) is 0 Å². The van der Waals surface area contributed by atoms with Crippen molar-refractivity contribution in [3.05, 3.63) is 59.7 Å². The molecule has 0 spiro atoms. The van der Waals surface area contributed by atoms with Crippen molar-refractivity contribution in [1.82, 2.24) is 0 Å². The van der Waals surface area contributed by atoms with Crippen LogP contribution in [0.5, 0.6) is 11.5 Å². The largest absolute Gasteiger partial charge is 0.493 e. The van der Waals surface area contributed by atoms with Gasteiger partial charge in [-0.1, -0.05) is 63.6 Å². The Balaban J connectivity index is 1.49. The first kappa shape index (κ1) is 22.4. The van der Waals surface area contributed by atoms with E-state index in [-0.39, 0.29) is 11.9 Å². The number of ether oxygens (including phenoxy) is 2. The van der Waals surface area contributed by atoms with E-state index >= 15 is 0 Å². The standard InChI is InChI=1S/C27H36O3/c1-4-10-22-11-6-8-13-25(22)30-27(28)23-17-15-21(16-18-23)19-29-26-14-9-7-12-24(26)20(3)5-2/h6-9,11-14,20-21,23H,4-5,10,15-19H2,1-3H3. The van der Waals surface area contributed by atoms with Crippen LogP contribution in [-0.2, 0) is 11.2 Å². The van der Waals surface area contributed by atoms with Gasteiger partial charge in [0, 0.05) is 0 Å². The molecule has 0 saturated heterocycles. The molecule has 1 unspecified atom stereocenters. The van der Waals surface area contributed by atoms with Gasteiger partial charge in [-0.05, 0) is 73.6 Å². The summed E-state index contributed by atoms with van der Waals surface area (Å²) in [6, 6.07) is 16.3. The van der Waals surface area contributed by atoms with E-state index < -0.39 is 0 Å². The van der Waals surface area contributed by atoms with Crippen molar-refractivity contribution < 1.29 is 14.3 Å². The number of aryl methyl sites for hydroxylation is 1. The second-order valence-corrected chi connectivity index (χ2v) is 8.65. The molecule has 1 saturated carbocycles. The highest BCUT2D eigenvalue weighted by Crippen LogP contribution is 2.33. The average Bonchev–Trinajstić information content (AvgIpc) is 2.79. The summed E-state index contributed by atoms with van der Waals surface area (Å²) in [7, 11) is 0. The van der Waals surface area contributed by atoms with Gasteiger partial charge >= 0.3 is 5.97 Å². The van der Waals surface area contributed by atoms with Gasteiger partial charge in [0.2, 0.25) is 0 Å². The second-order valence-electron chi connectivity index (χ2n) is 8.65. The highest BCUT2D eigenvalue weighted by molar-refractivity contribution is 5.75. The van der Waals surface area contributed by atoms with Gasteiger partial charge in [-0.15, -0.1) is 0 Å². The first-order chi connectivity index (χ1) is 14.6. The minimum absolute atomic E-state index is 0.00309. The molecule has 30 heavy (non-hydrogen) atoms. The summed E-state index contributed by atoms with van der Waals surface area (Å²) in [5, 5.41) is 0. The second kappa shape index (κ2) is 11.2. The minimum atomic E-state index is -0.0694. The van der Waals surface area contributed by atoms with Crippen molar-refractivity contribution in [3.8, 4) is 11.5 Å². The Labute approximate surface area is 181 Å². The molecule has 1 aliphatic rings. The SMILES string of the molecule is CCCc1ccccc1OC(=O)C1CCC(COc2ccccc2C(C)CC)CC1. The Morgan fingerprint density at radius 1 is 0.967 bits per heavy atom. The van der Waals surface area contributed by atoms with Crippen LogP contribution in [0.3, 0.4) is 0 Å². The summed E-state index contributed by atoms with van der Waals surface area (Å²) in [5.41, 5.74) is 2.42. The molecular weight excluding hydrogens is 372 g/mol. The van der Waals surface area contributed by atoms with Crippen LogP contribution in [0.15, 0.2) is 48.5 Å². The molecule has 1 atom stereocenters. The predicted octanol–water partition coefficient (Wildman–Crippen LogP) is 6.94. The molecule has 0 aromatic heterocycles. The number of hydrogen-bond acceptors (Lipinski definition) is 3. The van der Waals surface area contributed by atoms with Crippen LogP contribution >= 0.6 is 0 Å². The van der Waals surface area contributed by atoms with E-state index in [2.05, 4.69) is 45.0 Å². The molecule has 0 bridgehead atoms. The van der Waals surface area contributed by atoms with E-state index in [4.69, 9.17) is 9.47 Å². The molecule has 0 heterocycles. The van der Waals surface area contributed by atoms with E-state index in [0.29, 0.717) is 11.8 Å². The van der Waals surface area contributed by atoms with Gasteiger partial charge in [-0.2, -0.15) is 0 Å². The van der Waals surface area contributed by atoms with Crippen molar-refractivity contribution in [2.45, 2.75) is 71.6 Å². The van der Waals surface area contributed by atoms with Crippen LogP contribution in [0.4, 0.5) is 0 Å². The molecule has 2 aromatic carbocycles. The van der Waals surface area contributed by atoms with Gasteiger partial charge in [0.05, 0.1) is 12.5 Å². The molecule has 0 aliphatic heterocycles. The fraction of sp³-hybridized carbons (Fsp3) is 0.519. The molecular formula is C27H36O3. The summed E-state index contributed by atoms with van der Waals surface area (Å²) in [5.74, 6) is 2.69. The Bertz CT molecular complexity index is 805. The number of benzene rings is 2. The van der Waals surface area contributed by atoms with Gasteiger partial charge < -0.3 is 9.47 Å². The third-order valence-corrected chi connectivity index (χ3v) is 6.42. The Kier molecular flexibility index (Phi) is 8.36. The number of rotatable bonds is 9. The van der Waals surface area contributed by atoms with Crippen LogP contribution in [-0.4, -0.2) is 12.6 Å². The van der Waals surface area contributed by atoms with Crippen molar-refractivity contribution in [1.29, 1.82) is 0 Å². The van der Waals surface area contributed by atoms with Crippen molar-refractivity contribution in [2.75, 3.05) is 6.61 Å². The lowest BCUT2D eigenvalue weighted by atomic mass is 9.82. The van der Waals surface area contributed by atoms with E-state index in [1.54, 1.807) is 0 Å². The molecule has 1 fully saturated rings. The van der Waals surface area contributed by atoms with Crippen LogP contribution < -0.4 is 9.47 Å². The molecule has 0 N–H and O–H groups in total. The molecule has 0 radical (unpaired) electrons. The Hall–Kier alpha value is -2.29. The minimum Gasteiger partial charge on any atom is -0.493 e. The number of hydrogen-bond donors (Lipinski definition) is 0.